The first-order chi connectivity index (χ1) is 14.2. The lowest BCUT2D eigenvalue weighted by Crippen LogP contribution is -2.27. The SMILES string of the molecule is CCCCN1C(=O)c2cccc3c(NC(=O)CCSc4ccccc4)ccc1c23. The van der Waals surface area contributed by atoms with Gasteiger partial charge in [0.1, 0.15) is 0 Å². The fourth-order valence-electron chi connectivity index (χ4n) is 3.68. The van der Waals surface area contributed by atoms with Crippen LogP contribution in [0.3, 0.4) is 0 Å². The number of unbranched alkanes of at least 4 members (excludes halogenated alkanes) is 1. The summed E-state index contributed by atoms with van der Waals surface area (Å²) in [6.07, 6.45) is 2.45. The first-order valence-corrected chi connectivity index (χ1v) is 11.0. The smallest absolute Gasteiger partial charge is 0.258 e. The van der Waals surface area contributed by atoms with E-state index in [1.165, 1.54) is 0 Å². The maximum atomic E-state index is 12.8. The second-order valence-electron chi connectivity index (χ2n) is 7.13. The van der Waals surface area contributed by atoms with Crippen molar-refractivity contribution in [2.24, 2.45) is 0 Å². The third-order valence-electron chi connectivity index (χ3n) is 5.14. The monoisotopic (exact) mass is 404 g/mol. The van der Waals surface area contributed by atoms with E-state index < -0.39 is 0 Å². The molecule has 148 valence electrons. The molecule has 4 rings (SSSR count). The summed E-state index contributed by atoms with van der Waals surface area (Å²) in [6, 6.07) is 19.7. The van der Waals surface area contributed by atoms with Gasteiger partial charge in [0.25, 0.3) is 5.91 Å². The molecule has 1 N–H and O–H groups in total. The van der Waals surface area contributed by atoms with Crippen molar-refractivity contribution >= 4 is 45.7 Å². The number of anilines is 2. The molecule has 1 heterocycles. The number of carbonyl (C=O) groups is 2. The molecule has 1 aliphatic rings. The number of nitrogens with one attached hydrogen (secondary N) is 1. The van der Waals surface area contributed by atoms with Crippen molar-refractivity contribution < 1.29 is 9.59 Å². The lowest BCUT2D eigenvalue weighted by molar-refractivity contribution is -0.115. The minimum absolute atomic E-state index is 0.0127. The summed E-state index contributed by atoms with van der Waals surface area (Å²) in [4.78, 5) is 28.4. The van der Waals surface area contributed by atoms with Crippen molar-refractivity contribution in [3.05, 3.63) is 66.2 Å². The number of rotatable bonds is 8. The van der Waals surface area contributed by atoms with Gasteiger partial charge in [0.05, 0.1) is 5.69 Å². The van der Waals surface area contributed by atoms with E-state index >= 15 is 0 Å². The number of thioether (sulfide) groups is 1. The van der Waals surface area contributed by atoms with Gasteiger partial charge in [-0.25, -0.2) is 0 Å². The molecule has 0 bridgehead atoms. The Morgan fingerprint density at radius 3 is 2.66 bits per heavy atom. The average Bonchev–Trinajstić information content (AvgIpc) is 3.02. The van der Waals surface area contributed by atoms with E-state index in [1.54, 1.807) is 11.8 Å². The van der Waals surface area contributed by atoms with Gasteiger partial charge >= 0.3 is 0 Å². The number of hydrogen-bond donors (Lipinski definition) is 1. The zero-order valence-corrected chi connectivity index (χ0v) is 17.3. The molecule has 0 aliphatic carbocycles. The largest absolute Gasteiger partial charge is 0.325 e. The molecular formula is C24H24N2O2S. The summed E-state index contributed by atoms with van der Waals surface area (Å²) in [7, 11) is 0. The number of amides is 2. The molecule has 1 aliphatic heterocycles. The highest BCUT2D eigenvalue weighted by Gasteiger charge is 2.30. The minimum atomic E-state index is -0.0127. The average molecular weight is 405 g/mol. The highest BCUT2D eigenvalue weighted by Crippen LogP contribution is 2.40. The second kappa shape index (κ2) is 8.70. The van der Waals surface area contributed by atoms with Crippen LogP contribution < -0.4 is 10.2 Å². The molecule has 0 atom stereocenters. The quantitative estimate of drug-likeness (QED) is 0.489. The number of hydrogen-bond acceptors (Lipinski definition) is 3. The molecule has 0 fully saturated rings. The Hall–Kier alpha value is -2.79. The Labute approximate surface area is 175 Å². The maximum absolute atomic E-state index is 12.8. The fraction of sp³-hybridized carbons (Fsp3) is 0.250. The van der Waals surface area contributed by atoms with Crippen molar-refractivity contribution in [2.75, 3.05) is 22.5 Å². The van der Waals surface area contributed by atoms with Gasteiger partial charge in [0, 0.05) is 45.6 Å². The normalized spacial score (nSPS) is 12.6. The Balaban J connectivity index is 1.50. The van der Waals surface area contributed by atoms with E-state index in [1.807, 2.05) is 65.6 Å². The first kappa shape index (κ1) is 19.5. The van der Waals surface area contributed by atoms with Crippen LogP contribution in [0.4, 0.5) is 11.4 Å². The molecule has 0 saturated carbocycles. The van der Waals surface area contributed by atoms with Gasteiger partial charge in [0.15, 0.2) is 0 Å². The summed E-state index contributed by atoms with van der Waals surface area (Å²) in [5.41, 5.74) is 2.45. The van der Waals surface area contributed by atoms with Crippen LogP contribution in [0.2, 0.25) is 0 Å². The number of carbonyl (C=O) groups excluding carboxylic acids is 2. The van der Waals surface area contributed by atoms with Gasteiger partial charge in [-0.1, -0.05) is 43.7 Å². The summed E-state index contributed by atoms with van der Waals surface area (Å²) < 4.78 is 0. The molecule has 0 aromatic heterocycles. The van der Waals surface area contributed by atoms with Crippen LogP contribution in [0, 0.1) is 0 Å². The van der Waals surface area contributed by atoms with Crippen LogP contribution in [0.1, 0.15) is 36.5 Å². The predicted octanol–water partition coefficient (Wildman–Crippen LogP) is 5.72. The maximum Gasteiger partial charge on any atom is 0.258 e. The van der Waals surface area contributed by atoms with Crippen LogP contribution in [-0.2, 0) is 4.79 Å². The summed E-state index contributed by atoms with van der Waals surface area (Å²) in [5.74, 6) is 0.767. The van der Waals surface area contributed by atoms with Crippen molar-refractivity contribution in [1.82, 2.24) is 0 Å². The van der Waals surface area contributed by atoms with Gasteiger partial charge in [-0.05, 0) is 36.8 Å². The van der Waals surface area contributed by atoms with Gasteiger partial charge < -0.3 is 10.2 Å². The molecule has 5 heteroatoms. The molecule has 3 aromatic carbocycles. The van der Waals surface area contributed by atoms with Crippen LogP contribution in [0.5, 0.6) is 0 Å². The van der Waals surface area contributed by atoms with E-state index in [9.17, 15) is 9.59 Å². The molecule has 0 unspecified atom stereocenters. The first-order valence-electron chi connectivity index (χ1n) is 10.0. The van der Waals surface area contributed by atoms with Crippen molar-refractivity contribution in [2.45, 2.75) is 31.1 Å². The van der Waals surface area contributed by atoms with Crippen LogP contribution >= 0.6 is 11.8 Å². The summed E-state index contributed by atoms with van der Waals surface area (Å²) >= 11 is 1.67. The number of nitrogens with zero attached hydrogens (tertiary/aromatic N) is 1. The van der Waals surface area contributed by atoms with Crippen LogP contribution in [-0.4, -0.2) is 24.1 Å². The lowest BCUT2D eigenvalue weighted by atomic mass is 10.0. The standard InChI is InChI=1S/C24H24N2O2S/c1-2-3-15-26-21-13-12-20(18-10-7-11-19(23(18)21)24(26)28)25-22(27)14-16-29-17-8-5-4-6-9-17/h4-13H,2-3,14-16H2,1H3,(H,25,27). The summed E-state index contributed by atoms with van der Waals surface area (Å²) in [5, 5.41) is 4.92. The topological polar surface area (TPSA) is 49.4 Å². The highest BCUT2D eigenvalue weighted by atomic mass is 32.2. The van der Waals surface area contributed by atoms with E-state index in [4.69, 9.17) is 0 Å². The van der Waals surface area contributed by atoms with Gasteiger partial charge in [-0.15, -0.1) is 11.8 Å². The zero-order chi connectivity index (χ0) is 20.2. The summed E-state index contributed by atoms with van der Waals surface area (Å²) in [6.45, 7) is 2.85. The Morgan fingerprint density at radius 1 is 1.03 bits per heavy atom. The highest BCUT2D eigenvalue weighted by molar-refractivity contribution is 7.99. The van der Waals surface area contributed by atoms with E-state index in [0.717, 1.165) is 57.7 Å². The van der Waals surface area contributed by atoms with Crippen LogP contribution in [0.15, 0.2) is 65.6 Å². The Bertz CT molecular complexity index is 1050. The van der Waals surface area contributed by atoms with Gasteiger partial charge in [0.2, 0.25) is 5.91 Å². The number of benzene rings is 3. The van der Waals surface area contributed by atoms with E-state index in [0.29, 0.717) is 6.42 Å². The predicted molar refractivity (Wildman–Crippen MR) is 121 cm³/mol. The van der Waals surface area contributed by atoms with E-state index in [-0.39, 0.29) is 11.8 Å². The second-order valence-corrected chi connectivity index (χ2v) is 8.30. The molecule has 0 radical (unpaired) electrons. The fourth-order valence-corrected chi connectivity index (χ4v) is 4.56. The van der Waals surface area contributed by atoms with Crippen molar-refractivity contribution in [1.29, 1.82) is 0 Å². The molecule has 0 spiro atoms. The molecule has 2 amide bonds. The van der Waals surface area contributed by atoms with Crippen molar-refractivity contribution in [3.63, 3.8) is 0 Å². The minimum Gasteiger partial charge on any atom is -0.325 e. The molecule has 3 aromatic rings. The third kappa shape index (κ3) is 4.01. The Morgan fingerprint density at radius 2 is 1.86 bits per heavy atom. The van der Waals surface area contributed by atoms with Gasteiger partial charge in [-0.2, -0.15) is 0 Å². The molecular weight excluding hydrogens is 380 g/mol. The van der Waals surface area contributed by atoms with Crippen LogP contribution in [0.25, 0.3) is 10.8 Å². The molecule has 29 heavy (non-hydrogen) atoms. The third-order valence-corrected chi connectivity index (χ3v) is 6.15. The van der Waals surface area contributed by atoms with Crippen molar-refractivity contribution in [3.8, 4) is 0 Å². The molecule has 0 saturated heterocycles. The van der Waals surface area contributed by atoms with Gasteiger partial charge in [-0.3, -0.25) is 9.59 Å². The Kier molecular flexibility index (Phi) is 5.86. The lowest BCUT2D eigenvalue weighted by Gasteiger charge is -2.17. The zero-order valence-electron chi connectivity index (χ0n) is 16.5. The van der Waals surface area contributed by atoms with E-state index in [2.05, 4.69) is 12.2 Å². The molecule has 4 nitrogen and oxygen atoms in total.